The Hall–Kier alpha value is -1.73. The second kappa shape index (κ2) is 6.82. The van der Waals surface area contributed by atoms with Crippen LogP contribution in [0.4, 0.5) is 4.39 Å². The van der Waals surface area contributed by atoms with Gasteiger partial charge in [0.05, 0.1) is 10.7 Å². The van der Waals surface area contributed by atoms with Crippen molar-refractivity contribution in [3.63, 3.8) is 0 Å². The molecule has 21 heavy (non-hydrogen) atoms. The van der Waals surface area contributed by atoms with Crippen LogP contribution >= 0.6 is 31.9 Å². The zero-order chi connectivity index (χ0) is 15.4. The molecule has 1 amide bonds. The Morgan fingerprint density at radius 1 is 1.24 bits per heavy atom. The van der Waals surface area contributed by atoms with Crippen LogP contribution in [0.2, 0.25) is 0 Å². The van der Waals surface area contributed by atoms with Gasteiger partial charge < -0.3 is 5.11 Å². The fourth-order valence-corrected chi connectivity index (χ4v) is 2.60. The molecule has 7 heteroatoms. The summed E-state index contributed by atoms with van der Waals surface area (Å²) in [5.74, 6) is -0.966. The van der Waals surface area contributed by atoms with E-state index < -0.39 is 11.7 Å². The second-order valence-electron chi connectivity index (χ2n) is 4.03. The maximum absolute atomic E-state index is 13.0. The van der Waals surface area contributed by atoms with Gasteiger partial charge in [0.15, 0.2) is 0 Å². The lowest BCUT2D eigenvalue weighted by molar-refractivity contribution is 0.0954. The van der Waals surface area contributed by atoms with Gasteiger partial charge in [-0.1, -0.05) is 22.0 Å². The fourth-order valence-electron chi connectivity index (χ4n) is 1.51. The molecule has 0 atom stereocenters. The summed E-state index contributed by atoms with van der Waals surface area (Å²) in [6.07, 6.45) is 1.37. The standard InChI is InChI=1S/C14H9Br2FN2O2/c15-11-6-12(16)13(20)5-9(11)7-18-19-14(21)8-2-1-3-10(17)4-8/h1-7,20H,(H,19,21)/b18-7+. The van der Waals surface area contributed by atoms with Gasteiger partial charge in [0.2, 0.25) is 0 Å². The largest absolute Gasteiger partial charge is 0.507 e. The summed E-state index contributed by atoms with van der Waals surface area (Å²) in [6.45, 7) is 0. The molecule has 0 fully saturated rings. The molecule has 0 aliphatic carbocycles. The molecule has 2 aromatic rings. The Balaban J connectivity index is 2.09. The average Bonchev–Trinajstić information content (AvgIpc) is 2.44. The zero-order valence-corrected chi connectivity index (χ0v) is 13.7. The number of nitrogens with one attached hydrogen (secondary N) is 1. The maximum atomic E-state index is 13.0. The van der Waals surface area contributed by atoms with E-state index in [0.717, 1.165) is 6.07 Å². The number of nitrogens with zero attached hydrogens (tertiary/aromatic N) is 1. The molecule has 0 saturated heterocycles. The monoisotopic (exact) mass is 414 g/mol. The number of amides is 1. The van der Waals surface area contributed by atoms with Gasteiger partial charge in [0, 0.05) is 15.6 Å². The second-order valence-corrected chi connectivity index (χ2v) is 5.74. The van der Waals surface area contributed by atoms with Crippen molar-refractivity contribution < 1.29 is 14.3 Å². The molecule has 2 rings (SSSR count). The molecule has 0 radical (unpaired) electrons. The van der Waals surface area contributed by atoms with E-state index in [2.05, 4.69) is 42.4 Å². The Morgan fingerprint density at radius 3 is 2.71 bits per heavy atom. The van der Waals surface area contributed by atoms with Gasteiger partial charge in [0.1, 0.15) is 11.6 Å². The van der Waals surface area contributed by atoms with Crippen molar-refractivity contribution in [3.05, 3.63) is 62.3 Å². The summed E-state index contributed by atoms with van der Waals surface area (Å²) >= 11 is 6.49. The van der Waals surface area contributed by atoms with E-state index in [1.54, 1.807) is 6.07 Å². The van der Waals surface area contributed by atoms with Crippen molar-refractivity contribution in [3.8, 4) is 5.75 Å². The third kappa shape index (κ3) is 4.12. The van der Waals surface area contributed by atoms with E-state index in [4.69, 9.17) is 0 Å². The lowest BCUT2D eigenvalue weighted by atomic mass is 10.2. The first-order valence-corrected chi connectivity index (χ1v) is 7.33. The van der Waals surface area contributed by atoms with Gasteiger partial charge >= 0.3 is 0 Å². The molecule has 0 spiro atoms. The first-order valence-electron chi connectivity index (χ1n) is 5.74. The number of phenolic OH excluding ortho intramolecular Hbond substituents is 1. The van der Waals surface area contributed by atoms with Crippen molar-refractivity contribution in [1.82, 2.24) is 5.43 Å². The summed E-state index contributed by atoms with van der Waals surface area (Å²) in [7, 11) is 0. The smallest absolute Gasteiger partial charge is 0.271 e. The predicted molar refractivity (Wildman–Crippen MR) is 85.0 cm³/mol. The number of rotatable bonds is 3. The van der Waals surface area contributed by atoms with Crippen LogP contribution in [0, 0.1) is 5.82 Å². The van der Waals surface area contributed by atoms with Crippen LogP contribution in [0.15, 0.2) is 50.4 Å². The molecule has 4 nitrogen and oxygen atoms in total. The van der Waals surface area contributed by atoms with Crippen molar-refractivity contribution in [2.45, 2.75) is 0 Å². The summed E-state index contributed by atoms with van der Waals surface area (Å²) in [6, 6.07) is 8.43. The topological polar surface area (TPSA) is 61.7 Å². The molecule has 0 heterocycles. The van der Waals surface area contributed by atoms with E-state index in [-0.39, 0.29) is 11.3 Å². The Morgan fingerprint density at radius 2 is 2.00 bits per heavy atom. The predicted octanol–water partition coefficient (Wildman–Crippen LogP) is 3.82. The molecule has 0 aliphatic rings. The Kier molecular flexibility index (Phi) is 5.08. The van der Waals surface area contributed by atoms with Gasteiger partial charge in [-0.15, -0.1) is 0 Å². The van der Waals surface area contributed by atoms with E-state index in [1.165, 1.54) is 30.5 Å². The van der Waals surface area contributed by atoms with Gasteiger partial charge in [-0.3, -0.25) is 4.79 Å². The van der Waals surface area contributed by atoms with Gasteiger partial charge in [-0.25, -0.2) is 9.82 Å². The van der Waals surface area contributed by atoms with Crippen LogP contribution < -0.4 is 5.43 Å². The Labute approximate surface area is 136 Å². The number of hydrazone groups is 1. The number of phenols is 1. The molecule has 0 aliphatic heterocycles. The molecular weight excluding hydrogens is 407 g/mol. The number of hydrogen-bond donors (Lipinski definition) is 2. The molecule has 0 bridgehead atoms. The van der Waals surface area contributed by atoms with E-state index in [9.17, 15) is 14.3 Å². The van der Waals surface area contributed by atoms with Crippen LogP contribution in [0.25, 0.3) is 0 Å². The number of carbonyl (C=O) groups excluding carboxylic acids is 1. The lowest BCUT2D eigenvalue weighted by Gasteiger charge is -2.03. The summed E-state index contributed by atoms with van der Waals surface area (Å²) < 4.78 is 14.2. The minimum atomic E-state index is -0.525. The number of halogens is 3. The normalized spacial score (nSPS) is 10.8. The quantitative estimate of drug-likeness (QED) is 0.591. The number of hydrogen-bond acceptors (Lipinski definition) is 3. The van der Waals surface area contributed by atoms with Crippen molar-refractivity contribution in [1.29, 1.82) is 0 Å². The van der Waals surface area contributed by atoms with Crippen LogP contribution in [0.3, 0.4) is 0 Å². The van der Waals surface area contributed by atoms with Gasteiger partial charge in [0.25, 0.3) is 5.91 Å². The first kappa shape index (κ1) is 15.7. The SMILES string of the molecule is O=C(N/N=C/c1cc(O)c(Br)cc1Br)c1cccc(F)c1. The molecular formula is C14H9Br2FN2O2. The highest BCUT2D eigenvalue weighted by Gasteiger charge is 2.06. The van der Waals surface area contributed by atoms with Crippen molar-refractivity contribution in [2.24, 2.45) is 5.10 Å². The number of benzene rings is 2. The minimum absolute atomic E-state index is 0.0520. The Bertz CT molecular complexity index is 720. The molecule has 2 aromatic carbocycles. The number of aromatic hydroxyl groups is 1. The average molecular weight is 416 g/mol. The van der Waals surface area contributed by atoms with E-state index in [0.29, 0.717) is 14.5 Å². The molecule has 0 saturated carbocycles. The zero-order valence-electron chi connectivity index (χ0n) is 10.5. The molecule has 0 unspecified atom stereocenters. The van der Waals surface area contributed by atoms with Crippen LogP contribution in [-0.4, -0.2) is 17.2 Å². The van der Waals surface area contributed by atoms with Crippen molar-refractivity contribution in [2.75, 3.05) is 0 Å². The highest BCUT2D eigenvalue weighted by molar-refractivity contribution is 9.11. The summed E-state index contributed by atoms with van der Waals surface area (Å²) in [5.41, 5.74) is 3.04. The van der Waals surface area contributed by atoms with E-state index >= 15 is 0 Å². The highest BCUT2D eigenvalue weighted by atomic mass is 79.9. The lowest BCUT2D eigenvalue weighted by Crippen LogP contribution is -2.17. The van der Waals surface area contributed by atoms with E-state index in [1.807, 2.05) is 0 Å². The molecule has 108 valence electrons. The number of carbonyl (C=O) groups is 1. The molecule has 0 aromatic heterocycles. The van der Waals surface area contributed by atoms with Gasteiger partial charge in [-0.2, -0.15) is 5.10 Å². The highest BCUT2D eigenvalue weighted by Crippen LogP contribution is 2.29. The van der Waals surface area contributed by atoms with Gasteiger partial charge in [-0.05, 0) is 46.3 Å². The van der Waals surface area contributed by atoms with Crippen LogP contribution in [-0.2, 0) is 0 Å². The first-order chi connectivity index (χ1) is 9.97. The fraction of sp³-hybridized carbons (Fsp3) is 0. The summed E-state index contributed by atoms with van der Waals surface area (Å²) in [5, 5.41) is 13.4. The molecule has 2 N–H and O–H groups in total. The van der Waals surface area contributed by atoms with Crippen LogP contribution in [0.1, 0.15) is 15.9 Å². The summed E-state index contributed by atoms with van der Waals surface area (Å²) in [4.78, 5) is 11.7. The third-order valence-electron chi connectivity index (χ3n) is 2.52. The third-order valence-corrected chi connectivity index (χ3v) is 3.84. The minimum Gasteiger partial charge on any atom is -0.507 e. The van der Waals surface area contributed by atoms with Crippen LogP contribution in [0.5, 0.6) is 5.75 Å². The van der Waals surface area contributed by atoms with Crippen molar-refractivity contribution >= 4 is 44.0 Å². The maximum Gasteiger partial charge on any atom is 0.271 e.